The van der Waals surface area contributed by atoms with Gasteiger partial charge in [0.2, 0.25) is 5.91 Å². The van der Waals surface area contributed by atoms with Crippen molar-refractivity contribution in [1.29, 1.82) is 0 Å². The zero-order valence-corrected chi connectivity index (χ0v) is 15.8. The van der Waals surface area contributed by atoms with Crippen LogP contribution < -0.4 is 9.62 Å². The molecule has 0 spiro atoms. The molecule has 1 amide bonds. The Morgan fingerprint density at radius 2 is 2.00 bits per heavy atom. The lowest BCUT2D eigenvalue weighted by molar-refractivity contribution is -0.116. The van der Waals surface area contributed by atoms with E-state index in [-0.39, 0.29) is 10.8 Å². The van der Waals surface area contributed by atoms with E-state index in [9.17, 15) is 13.2 Å². The lowest BCUT2D eigenvalue weighted by Crippen LogP contribution is -2.29. The van der Waals surface area contributed by atoms with Crippen LogP contribution in [0.2, 0.25) is 0 Å². The molecule has 1 heterocycles. The molecular weight excluding hydrogens is 356 g/mol. The molecule has 2 aromatic carbocycles. The summed E-state index contributed by atoms with van der Waals surface area (Å²) in [4.78, 5) is 14.7. The third-order valence-electron chi connectivity index (χ3n) is 3.97. The Hall–Kier alpha value is -1.99. The van der Waals surface area contributed by atoms with Crippen LogP contribution in [0.15, 0.2) is 52.3 Å². The Labute approximate surface area is 152 Å². The lowest BCUT2D eigenvalue weighted by Gasteiger charge is -2.21. The first kappa shape index (κ1) is 17.8. The van der Waals surface area contributed by atoms with Crippen molar-refractivity contribution >= 4 is 39.1 Å². The van der Waals surface area contributed by atoms with Gasteiger partial charge in [-0.25, -0.2) is 8.42 Å². The van der Waals surface area contributed by atoms with E-state index in [2.05, 4.69) is 4.72 Å². The van der Waals surface area contributed by atoms with E-state index in [0.717, 1.165) is 22.6 Å². The zero-order valence-electron chi connectivity index (χ0n) is 14.2. The van der Waals surface area contributed by atoms with Crippen molar-refractivity contribution in [2.24, 2.45) is 0 Å². The second-order valence-corrected chi connectivity index (χ2v) is 8.80. The fourth-order valence-electron chi connectivity index (χ4n) is 2.77. The van der Waals surface area contributed by atoms with Gasteiger partial charge in [0, 0.05) is 24.1 Å². The molecule has 0 fully saturated rings. The number of fused-ring (bicyclic) bond motifs is 1. The molecule has 0 atom stereocenters. The van der Waals surface area contributed by atoms with Gasteiger partial charge in [0.1, 0.15) is 0 Å². The number of thioether (sulfide) groups is 1. The molecule has 0 aromatic heterocycles. The molecule has 0 saturated carbocycles. The van der Waals surface area contributed by atoms with Crippen LogP contribution in [-0.4, -0.2) is 26.6 Å². The van der Waals surface area contributed by atoms with Crippen molar-refractivity contribution in [1.82, 2.24) is 0 Å². The van der Waals surface area contributed by atoms with Gasteiger partial charge in [-0.05, 0) is 55.0 Å². The summed E-state index contributed by atoms with van der Waals surface area (Å²) in [5.74, 6) is 0.828. The summed E-state index contributed by atoms with van der Waals surface area (Å²) in [7, 11) is -3.72. The Morgan fingerprint density at radius 3 is 2.72 bits per heavy atom. The van der Waals surface area contributed by atoms with E-state index in [1.807, 2.05) is 13.0 Å². The van der Waals surface area contributed by atoms with E-state index in [1.165, 1.54) is 6.92 Å². The normalized spacial score (nSPS) is 14.6. The molecule has 132 valence electrons. The van der Waals surface area contributed by atoms with Crippen molar-refractivity contribution in [3.63, 3.8) is 0 Å². The fraction of sp³-hybridized carbons (Fsp3) is 0.278. The molecule has 2 aromatic rings. The van der Waals surface area contributed by atoms with Crippen molar-refractivity contribution < 1.29 is 13.2 Å². The third kappa shape index (κ3) is 3.99. The maximum absolute atomic E-state index is 12.7. The quantitative estimate of drug-likeness (QED) is 0.888. The van der Waals surface area contributed by atoms with Gasteiger partial charge in [0.25, 0.3) is 10.0 Å². The van der Waals surface area contributed by atoms with Crippen LogP contribution in [0.5, 0.6) is 0 Å². The molecule has 3 rings (SSSR count). The Morgan fingerprint density at radius 1 is 1.20 bits per heavy atom. The van der Waals surface area contributed by atoms with Crippen molar-refractivity contribution in [2.45, 2.75) is 30.1 Å². The molecule has 0 bridgehead atoms. The van der Waals surface area contributed by atoms with E-state index in [4.69, 9.17) is 0 Å². The molecule has 0 aliphatic carbocycles. The predicted octanol–water partition coefficient (Wildman–Crippen LogP) is 3.64. The smallest absolute Gasteiger partial charge is 0.261 e. The van der Waals surface area contributed by atoms with Crippen molar-refractivity contribution in [3.8, 4) is 0 Å². The molecule has 0 radical (unpaired) electrons. The van der Waals surface area contributed by atoms with Gasteiger partial charge >= 0.3 is 0 Å². The highest BCUT2D eigenvalue weighted by atomic mass is 32.2. The summed E-state index contributed by atoms with van der Waals surface area (Å²) in [6.45, 7) is 4.01. The van der Waals surface area contributed by atoms with Gasteiger partial charge in [-0.3, -0.25) is 9.52 Å². The molecule has 1 N–H and O–H groups in total. The molecule has 25 heavy (non-hydrogen) atoms. The molecule has 1 aliphatic heterocycles. The summed E-state index contributed by atoms with van der Waals surface area (Å²) < 4.78 is 28.1. The number of hydrogen-bond acceptors (Lipinski definition) is 4. The fourth-order valence-corrected chi connectivity index (χ4v) is 4.82. The average molecular weight is 377 g/mol. The second-order valence-electron chi connectivity index (χ2n) is 5.98. The molecular formula is C18H20N2O3S2. The van der Waals surface area contributed by atoms with Crippen LogP contribution >= 0.6 is 11.8 Å². The number of benzene rings is 2. The predicted molar refractivity (Wildman–Crippen MR) is 102 cm³/mol. The number of nitrogens with zero attached hydrogens (tertiary/aromatic N) is 1. The van der Waals surface area contributed by atoms with Gasteiger partial charge in [0.15, 0.2) is 0 Å². The molecule has 0 unspecified atom stereocenters. The number of amides is 1. The molecule has 0 saturated heterocycles. The minimum Gasteiger partial charge on any atom is -0.311 e. The van der Waals surface area contributed by atoms with Gasteiger partial charge in [-0.15, -0.1) is 11.8 Å². The standard InChI is InChI=1S/C18H20N2O3S2/c1-13-5-3-6-15(11-13)19-25(22,23)16-7-8-18-17(12-16)20(14(2)21)9-4-10-24-18/h3,5-8,11-12,19H,4,9-10H2,1-2H3. The van der Waals surface area contributed by atoms with E-state index >= 15 is 0 Å². The summed E-state index contributed by atoms with van der Waals surface area (Å²) in [6.07, 6.45) is 0.878. The van der Waals surface area contributed by atoms with Crippen molar-refractivity contribution in [3.05, 3.63) is 48.0 Å². The topological polar surface area (TPSA) is 66.5 Å². The van der Waals surface area contributed by atoms with Crippen molar-refractivity contribution in [2.75, 3.05) is 21.9 Å². The number of nitrogens with one attached hydrogen (secondary N) is 1. The average Bonchev–Trinajstić information content (AvgIpc) is 2.76. The van der Waals surface area contributed by atoms with E-state index in [0.29, 0.717) is 17.9 Å². The SMILES string of the molecule is CC(=O)N1CCCSc2ccc(S(=O)(=O)Nc3cccc(C)c3)cc21. The first-order valence-corrected chi connectivity index (χ1v) is 10.5. The summed E-state index contributed by atoms with van der Waals surface area (Å²) in [5.41, 5.74) is 2.16. The molecule has 1 aliphatic rings. The van der Waals surface area contributed by atoms with Gasteiger partial charge in [-0.1, -0.05) is 12.1 Å². The van der Waals surface area contributed by atoms with Crippen LogP contribution in [0.3, 0.4) is 0 Å². The summed E-state index contributed by atoms with van der Waals surface area (Å²) in [6, 6.07) is 12.2. The number of carbonyl (C=O) groups excluding carboxylic acids is 1. The minimum atomic E-state index is -3.72. The number of sulfonamides is 1. The van der Waals surface area contributed by atoms with Crippen LogP contribution in [0.25, 0.3) is 0 Å². The monoisotopic (exact) mass is 376 g/mol. The molecule has 7 heteroatoms. The maximum atomic E-state index is 12.7. The highest BCUT2D eigenvalue weighted by molar-refractivity contribution is 7.99. The number of carbonyl (C=O) groups is 1. The highest BCUT2D eigenvalue weighted by Gasteiger charge is 2.23. The second kappa shape index (κ2) is 7.09. The first-order chi connectivity index (χ1) is 11.9. The van der Waals surface area contributed by atoms with Crippen LogP contribution in [0.1, 0.15) is 18.9 Å². The lowest BCUT2D eigenvalue weighted by atomic mass is 10.2. The van der Waals surface area contributed by atoms with E-state index in [1.54, 1.807) is 53.1 Å². The minimum absolute atomic E-state index is 0.0788. The van der Waals surface area contributed by atoms with Gasteiger partial charge < -0.3 is 4.90 Å². The van der Waals surface area contributed by atoms with Gasteiger partial charge in [-0.2, -0.15) is 0 Å². The first-order valence-electron chi connectivity index (χ1n) is 8.01. The number of aryl methyl sites for hydroxylation is 1. The maximum Gasteiger partial charge on any atom is 0.261 e. The number of rotatable bonds is 3. The van der Waals surface area contributed by atoms with Crippen LogP contribution in [-0.2, 0) is 14.8 Å². The molecule has 5 nitrogen and oxygen atoms in total. The van der Waals surface area contributed by atoms with Gasteiger partial charge in [0.05, 0.1) is 10.6 Å². The Bertz CT molecular complexity index is 910. The summed E-state index contributed by atoms with van der Waals surface area (Å²) in [5, 5.41) is 0. The number of hydrogen-bond donors (Lipinski definition) is 1. The Balaban J connectivity index is 1.98. The number of anilines is 2. The van der Waals surface area contributed by atoms with E-state index < -0.39 is 10.0 Å². The zero-order chi connectivity index (χ0) is 18.0. The summed E-state index contributed by atoms with van der Waals surface area (Å²) >= 11 is 1.65. The van der Waals surface area contributed by atoms with Crippen LogP contribution in [0.4, 0.5) is 11.4 Å². The van der Waals surface area contributed by atoms with Crippen LogP contribution in [0, 0.1) is 6.92 Å². The highest BCUT2D eigenvalue weighted by Crippen LogP contribution is 2.36. The largest absolute Gasteiger partial charge is 0.311 e. The third-order valence-corrected chi connectivity index (χ3v) is 6.49. The Kier molecular flexibility index (Phi) is 5.06.